The van der Waals surface area contributed by atoms with Crippen LogP contribution >= 0.6 is 0 Å². The molecule has 1 aromatic carbocycles. The Labute approximate surface area is 92.5 Å². The first-order valence-corrected chi connectivity index (χ1v) is 5.19. The first-order valence-electron chi connectivity index (χ1n) is 5.19. The Kier molecular flexibility index (Phi) is 2.31. The summed E-state index contributed by atoms with van der Waals surface area (Å²) in [6, 6.07) is 1.43. The second kappa shape index (κ2) is 3.23. The van der Waals surface area contributed by atoms with Gasteiger partial charge in [-0.05, 0) is 11.8 Å². The third-order valence-corrected chi connectivity index (χ3v) is 3.75. The molecule has 0 aliphatic heterocycles. The molecule has 2 N–H and O–H groups in total. The van der Waals surface area contributed by atoms with Gasteiger partial charge in [-0.25, -0.2) is 13.2 Å². The number of hydrogen-bond donors (Lipinski definition) is 1. The van der Waals surface area contributed by atoms with Crippen LogP contribution in [0.4, 0.5) is 13.2 Å². The van der Waals surface area contributed by atoms with E-state index in [1.165, 1.54) is 0 Å². The first kappa shape index (κ1) is 11.5. The summed E-state index contributed by atoms with van der Waals surface area (Å²) < 4.78 is 40.1. The molecule has 0 saturated heterocycles. The van der Waals surface area contributed by atoms with Crippen molar-refractivity contribution in [2.75, 3.05) is 6.54 Å². The van der Waals surface area contributed by atoms with Crippen molar-refractivity contribution in [3.8, 4) is 0 Å². The average Bonchev–Trinajstić information content (AvgIpc) is 2.67. The molecule has 88 valence electrons. The highest BCUT2D eigenvalue weighted by Crippen LogP contribution is 2.64. The van der Waals surface area contributed by atoms with Crippen LogP contribution in [0.25, 0.3) is 0 Å². The number of nitrogens with two attached hydrogens (primary N) is 1. The summed E-state index contributed by atoms with van der Waals surface area (Å²) in [4.78, 5) is 0. The second-order valence-corrected chi connectivity index (χ2v) is 5.09. The highest BCUT2D eigenvalue weighted by molar-refractivity contribution is 5.39. The normalized spacial score (nSPS) is 26.9. The molecule has 1 fully saturated rings. The van der Waals surface area contributed by atoms with Crippen molar-refractivity contribution < 1.29 is 13.2 Å². The van der Waals surface area contributed by atoms with Crippen molar-refractivity contribution in [3.05, 3.63) is 35.1 Å². The van der Waals surface area contributed by atoms with Crippen LogP contribution in [0.5, 0.6) is 0 Å². The van der Waals surface area contributed by atoms with E-state index in [1.54, 1.807) is 0 Å². The molecule has 0 radical (unpaired) electrons. The quantitative estimate of drug-likeness (QED) is 0.829. The van der Waals surface area contributed by atoms with Gasteiger partial charge in [0.15, 0.2) is 0 Å². The molecule has 1 unspecified atom stereocenters. The number of rotatable bonds is 2. The topological polar surface area (TPSA) is 26.0 Å². The Balaban J connectivity index is 2.58. The molecule has 1 aliphatic rings. The summed E-state index contributed by atoms with van der Waals surface area (Å²) in [7, 11) is 0. The fourth-order valence-corrected chi connectivity index (χ4v) is 2.59. The lowest BCUT2D eigenvalue weighted by Crippen LogP contribution is -2.28. The van der Waals surface area contributed by atoms with Crippen LogP contribution in [0.2, 0.25) is 0 Å². The van der Waals surface area contributed by atoms with Crippen LogP contribution in [0.15, 0.2) is 12.1 Å². The van der Waals surface area contributed by atoms with Crippen molar-refractivity contribution in [1.29, 1.82) is 0 Å². The summed E-state index contributed by atoms with van der Waals surface area (Å²) in [5.41, 5.74) is 4.64. The molecule has 0 bridgehead atoms. The van der Waals surface area contributed by atoms with Crippen LogP contribution in [-0.2, 0) is 5.41 Å². The minimum atomic E-state index is -0.899. The van der Waals surface area contributed by atoms with Gasteiger partial charge in [-0.1, -0.05) is 13.8 Å². The molecule has 0 amide bonds. The molecule has 0 aromatic heterocycles. The van der Waals surface area contributed by atoms with Gasteiger partial charge in [0, 0.05) is 29.7 Å². The van der Waals surface area contributed by atoms with Crippen molar-refractivity contribution in [2.24, 2.45) is 11.1 Å². The fourth-order valence-electron chi connectivity index (χ4n) is 2.59. The monoisotopic (exact) mass is 229 g/mol. The third-order valence-electron chi connectivity index (χ3n) is 3.75. The Morgan fingerprint density at radius 3 is 1.94 bits per heavy atom. The lowest BCUT2D eigenvalue weighted by molar-refractivity contribution is 0.441. The Morgan fingerprint density at radius 1 is 1.19 bits per heavy atom. The molecule has 1 saturated carbocycles. The number of benzene rings is 1. The van der Waals surface area contributed by atoms with Crippen LogP contribution < -0.4 is 5.73 Å². The standard InChI is InChI=1S/C12H14F3N/c1-11(2)5-12(11,6-16)10-8(14)3-7(13)4-9(10)15/h3-4H,5-6,16H2,1-2H3. The van der Waals surface area contributed by atoms with Gasteiger partial charge < -0.3 is 5.73 Å². The van der Waals surface area contributed by atoms with E-state index in [0.717, 1.165) is 0 Å². The van der Waals surface area contributed by atoms with Crippen LogP contribution in [0.1, 0.15) is 25.8 Å². The maximum Gasteiger partial charge on any atom is 0.132 e. The fraction of sp³-hybridized carbons (Fsp3) is 0.500. The molecule has 1 atom stereocenters. The second-order valence-electron chi connectivity index (χ2n) is 5.09. The van der Waals surface area contributed by atoms with Gasteiger partial charge in [0.25, 0.3) is 0 Å². The summed E-state index contributed by atoms with van der Waals surface area (Å²) in [5, 5.41) is 0. The SMILES string of the molecule is CC1(C)CC1(CN)c1c(F)cc(F)cc1F. The molecule has 0 spiro atoms. The zero-order valence-electron chi connectivity index (χ0n) is 9.28. The van der Waals surface area contributed by atoms with Gasteiger partial charge in [0.2, 0.25) is 0 Å². The van der Waals surface area contributed by atoms with E-state index in [9.17, 15) is 13.2 Å². The highest BCUT2D eigenvalue weighted by atomic mass is 19.1. The largest absolute Gasteiger partial charge is 0.330 e. The van der Waals surface area contributed by atoms with Crippen LogP contribution in [0.3, 0.4) is 0 Å². The van der Waals surface area contributed by atoms with Gasteiger partial charge >= 0.3 is 0 Å². The molecule has 1 aliphatic carbocycles. The summed E-state index contributed by atoms with van der Waals surface area (Å²) in [6.45, 7) is 3.98. The van der Waals surface area contributed by atoms with E-state index >= 15 is 0 Å². The van der Waals surface area contributed by atoms with Gasteiger partial charge in [-0.15, -0.1) is 0 Å². The van der Waals surface area contributed by atoms with Crippen molar-refractivity contribution in [2.45, 2.75) is 25.7 Å². The van der Waals surface area contributed by atoms with E-state index in [-0.39, 0.29) is 17.5 Å². The smallest absolute Gasteiger partial charge is 0.132 e. The molecular weight excluding hydrogens is 215 g/mol. The Morgan fingerprint density at radius 2 is 1.62 bits per heavy atom. The third kappa shape index (κ3) is 1.36. The number of hydrogen-bond acceptors (Lipinski definition) is 1. The predicted molar refractivity (Wildman–Crippen MR) is 55.4 cm³/mol. The number of halogens is 3. The summed E-state index contributed by atoms with van der Waals surface area (Å²) in [6.07, 6.45) is 0.621. The zero-order valence-corrected chi connectivity index (χ0v) is 9.28. The Bertz CT molecular complexity index is 419. The minimum Gasteiger partial charge on any atom is -0.330 e. The van der Waals surface area contributed by atoms with Crippen molar-refractivity contribution >= 4 is 0 Å². The van der Waals surface area contributed by atoms with E-state index in [0.29, 0.717) is 18.6 Å². The lowest BCUT2D eigenvalue weighted by Gasteiger charge is -2.20. The highest BCUT2D eigenvalue weighted by Gasteiger charge is 2.63. The van der Waals surface area contributed by atoms with E-state index in [1.807, 2.05) is 13.8 Å². The van der Waals surface area contributed by atoms with E-state index in [2.05, 4.69) is 0 Å². The van der Waals surface area contributed by atoms with E-state index < -0.39 is 22.9 Å². The van der Waals surface area contributed by atoms with Crippen LogP contribution in [-0.4, -0.2) is 6.54 Å². The van der Waals surface area contributed by atoms with E-state index in [4.69, 9.17) is 5.73 Å². The molecule has 1 nitrogen and oxygen atoms in total. The van der Waals surface area contributed by atoms with Gasteiger partial charge in [0.1, 0.15) is 17.5 Å². The average molecular weight is 229 g/mol. The first-order chi connectivity index (χ1) is 7.34. The van der Waals surface area contributed by atoms with Crippen LogP contribution in [0, 0.1) is 22.9 Å². The molecular formula is C12H14F3N. The van der Waals surface area contributed by atoms with Gasteiger partial charge in [-0.2, -0.15) is 0 Å². The lowest BCUT2D eigenvalue weighted by atomic mass is 9.87. The summed E-state index contributed by atoms with van der Waals surface area (Å²) in [5.74, 6) is -2.58. The molecule has 0 heterocycles. The zero-order chi connectivity index (χ0) is 12.1. The molecule has 4 heteroatoms. The molecule has 1 aromatic rings. The van der Waals surface area contributed by atoms with Gasteiger partial charge in [0.05, 0.1) is 0 Å². The Hall–Kier alpha value is -1.03. The molecule has 2 rings (SSSR count). The predicted octanol–water partition coefficient (Wildman–Crippen LogP) is 2.73. The van der Waals surface area contributed by atoms with Crippen molar-refractivity contribution in [1.82, 2.24) is 0 Å². The molecule has 16 heavy (non-hydrogen) atoms. The summed E-state index contributed by atoms with van der Waals surface area (Å²) >= 11 is 0. The van der Waals surface area contributed by atoms with Gasteiger partial charge in [-0.3, -0.25) is 0 Å². The van der Waals surface area contributed by atoms with Crippen molar-refractivity contribution in [3.63, 3.8) is 0 Å². The maximum atomic E-state index is 13.6. The minimum absolute atomic E-state index is 0.0681. The maximum absolute atomic E-state index is 13.6.